The molecule has 0 bridgehead atoms. The first-order chi connectivity index (χ1) is 11.2. The van der Waals surface area contributed by atoms with Gasteiger partial charge in [0.25, 0.3) is 0 Å². The highest BCUT2D eigenvalue weighted by Gasteiger charge is 2.27. The van der Waals surface area contributed by atoms with Gasteiger partial charge in [-0.1, -0.05) is 52.3 Å². The van der Waals surface area contributed by atoms with Crippen molar-refractivity contribution in [3.8, 4) is 11.3 Å². The van der Waals surface area contributed by atoms with Crippen LogP contribution in [-0.2, 0) is 0 Å². The van der Waals surface area contributed by atoms with Gasteiger partial charge < -0.3 is 4.57 Å². The topological polar surface area (TPSA) is 17.3 Å². The molecular formula is C19H17BrN2S. The molecule has 2 nitrogen and oxygen atoms in total. The van der Waals surface area contributed by atoms with Gasteiger partial charge in [0.2, 0.25) is 0 Å². The molecule has 1 aromatic heterocycles. The molecule has 1 fully saturated rings. The van der Waals surface area contributed by atoms with Crippen LogP contribution in [0.3, 0.4) is 0 Å². The van der Waals surface area contributed by atoms with Gasteiger partial charge in [-0.3, -0.25) is 0 Å². The summed E-state index contributed by atoms with van der Waals surface area (Å²) in [6.45, 7) is 2.11. The molecule has 4 heteroatoms. The average molecular weight is 385 g/mol. The fourth-order valence-electron chi connectivity index (χ4n) is 2.75. The van der Waals surface area contributed by atoms with E-state index in [0.717, 1.165) is 15.0 Å². The summed E-state index contributed by atoms with van der Waals surface area (Å²) in [7, 11) is 0. The molecule has 0 saturated heterocycles. The Morgan fingerprint density at radius 1 is 1.09 bits per heavy atom. The molecule has 1 heterocycles. The molecule has 3 aromatic rings. The van der Waals surface area contributed by atoms with E-state index in [-0.39, 0.29) is 0 Å². The second-order valence-corrected chi connectivity index (χ2v) is 7.57. The molecule has 1 aliphatic carbocycles. The predicted molar refractivity (Wildman–Crippen MR) is 100 cm³/mol. The van der Waals surface area contributed by atoms with Crippen LogP contribution in [0.4, 0.5) is 5.69 Å². The lowest BCUT2D eigenvalue weighted by Crippen LogP contribution is -2.14. The van der Waals surface area contributed by atoms with E-state index in [4.69, 9.17) is 4.99 Å². The van der Waals surface area contributed by atoms with Gasteiger partial charge in [-0.25, -0.2) is 4.99 Å². The normalized spacial score (nSPS) is 15.1. The molecule has 2 aromatic carbocycles. The maximum atomic E-state index is 4.94. The minimum Gasteiger partial charge on any atom is -0.313 e. The number of benzene rings is 2. The number of aryl methyl sites for hydroxylation is 1. The lowest BCUT2D eigenvalue weighted by Gasteiger charge is -2.09. The van der Waals surface area contributed by atoms with Gasteiger partial charge >= 0.3 is 0 Å². The first kappa shape index (κ1) is 14.9. The van der Waals surface area contributed by atoms with Crippen molar-refractivity contribution in [2.75, 3.05) is 0 Å². The van der Waals surface area contributed by atoms with Gasteiger partial charge in [0.1, 0.15) is 0 Å². The zero-order valence-electron chi connectivity index (χ0n) is 12.9. The zero-order chi connectivity index (χ0) is 15.8. The minimum atomic E-state index is 0.589. The number of halogens is 1. The fourth-order valence-corrected chi connectivity index (χ4v) is 4.20. The Labute approximate surface area is 148 Å². The van der Waals surface area contributed by atoms with Crippen LogP contribution < -0.4 is 4.80 Å². The number of hydrogen-bond donors (Lipinski definition) is 0. The third kappa shape index (κ3) is 2.93. The van der Waals surface area contributed by atoms with Crippen LogP contribution in [0.15, 0.2) is 63.4 Å². The van der Waals surface area contributed by atoms with Crippen molar-refractivity contribution in [3.63, 3.8) is 0 Å². The summed E-state index contributed by atoms with van der Waals surface area (Å²) in [5, 5.41) is 2.23. The predicted octanol–water partition coefficient (Wildman–Crippen LogP) is 5.85. The summed E-state index contributed by atoms with van der Waals surface area (Å²) in [6.07, 6.45) is 2.49. The van der Waals surface area contributed by atoms with E-state index in [2.05, 4.69) is 81.3 Å². The first-order valence-corrected chi connectivity index (χ1v) is 9.46. The third-order valence-corrected chi connectivity index (χ3v) is 5.67. The Balaban J connectivity index is 1.90. The number of para-hydroxylation sites is 1. The number of nitrogens with zero attached hydrogens (tertiary/aromatic N) is 2. The standard InChI is InChI=1S/C19H17BrN2S/c1-13-6-2-5-9-17(13)21-19-22(14-10-11-14)18(12-23-19)15-7-3-4-8-16(15)20/h2-9,12,14H,10-11H2,1H3. The Bertz CT molecular complexity index is 919. The Morgan fingerprint density at radius 3 is 2.57 bits per heavy atom. The van der Waals surface area contributed by atoms with Crippen molar-refractivity contribution in [1.82, 2.24) is 4.57 Å². The summed E-state index contributed by atoms with van der Waals surface area (Å²) in [5.74, 6) is 0. The zero-order valence-corrected chi connectivity index (χ0v) is 15.3. The van der Waals surface area contributed by atoms with Crippen molar-refractivity contribution < 1.29 is 0 Å². The highest BCUT2D eigenvalue weighted by molar-refractivity contribution is 9.10. The lowest BCUT2D eigenvalue weighted by atomic mass is 10.2. The van der Waals surface area contributed by atoms with Gasteiger partial charge in [0, 0.05) is 21.5 Å². The van der Waals surface area contributed by atoms with E-state index in [9.17, 15) is 0 Å². The lowest BCUT2D eigenvalue weighted by molar-refractivity contribution is 0.724. The van der Waals surface area contributed by atoms with Crippen molar-refractivity contribution in [1.29, 1.82) is 0 Å². The number of rotatable bonds is 3. The monoisotopic (exact) mass is 384 g/mol. The molecule has 0 atom stereocenters. The quantitative estimate of drug-likeness (QED) is 0.538. The molecular weight excluding hydrogens is 368 g/mol. The molecule has 1 aliphatic rings. The van der Waals surface area contributed by atoms with E-state index in [1.165, 1.54) is 29.7 Å². The van der Waals surface area contributed by atoms with Crippen LogP contribution >= 0.6 is 27.3 Å². The average Bonchev–Trinajstić information content (AvgIpc) is 3.31. The fraction of sp³-hybridized carbons (Fsp3) is 0.211. The van der Waals surface area contributed by atoms with Crippen molar-refractivity contribution in [2.24, 2.45) is 4.99 Å². The molecule has 4 rings (SSSR count). The first-order valence-electron chi connectivity index (χ1n) is 7.79. The van der Waals surface area contributed by atoms with E-state index >= 15 is 0 Å². The molecule has 0 amide bonds. The summed E-state index contributed by atoms with van der Waals surface area (Å²) in [5.41, 5.74) is 4.77. The van der Waals surface area contributed by atoms with E-state index in [1.807, 2.05) is 0 Å². The second-order valence-electron chi connectivity index (χ2n) is 5.88. The van der Waals surface area contributed by atoms with Crippen LogP contribution in [0.25, 0.3) is 11.3 Å². The maximum absolute atomic E-state index is 4.94. The van der Waals surface area contributed by atoms with Gasteiger partial charge in [-0.2, -0.15) is 0 Å². The van der Waals surface area contributed by atoms with E-state index < -0.39 is 0 Å². The Morgan fingerprint density at radius 2 is 1.83 bits per heavy atom. The van der Waals surface area contributed by atoms with Gasteiger partial charge in [0.15, 0.2) is 4.80 Å². The van der Waals surface area contributed by atoms with Gasteiger partial charge in [0.05, 0.1) is 11.4 Å². The second kappa shape index (κ2) is 6.10. The molecule has 116 valence electrons. The molecule has 0 unspecified atom stereocenters. The van der Waals surface area contributed by atoms with Crippen LogP contribution in [0.1, 0.15) is 24.4 Å². The highest BCUT2D eigenvalue weighted by Crippen LogP contribution is 2.39. The summed E-state index contributed by atoms with van der Waals surface area (Å²) in [6, 6.07) is 17.3. The summed E-state index contributed by atoms with van der Waals surface area (Å²) < 4.78 is 3.55. The highest BCUT2D eigenvalue weighted by atomic mass is 79.9. The van der Waals surface area contributed by atoms with E-state index in [1.54, 1.807) is 11.3 Å². The van der Waals surface area contributed by atoms with E-state index in [0.29, 0.717) is 6.04 Å². The minimum absolute atomic E-state index is 0.589. The molecule has 1 saturated carbocycles. The van der Waals surface area contributed by atoms with Crippen LogP contribution in [0, 0.1) is 6.92 Å². The SMILES string of the molecule is Cc1ccccc1N=c1scc(-c2ccccc2Br)n1C1CC1. The number of hydrogen-bond acceptors (Lipinski definition) is 2. The smallest absolute Gasteiger partial charge is 0.190 e. The third-order valence-electron chi connectivity index (χ3n) is 4.13. The van der Waals surface area contributed by atoms with Crippen molar-refractivity contribution in [2.45, 2.75) is 25.8 Å². The molecule has 23 heavy (non-hydrogen) atoms. The van der Waals surface area contributed by atoms with Crippen LogP contribution in [0.2, 0.25) is 0 Å². The van der Waals surface area contributed by atoms with Crippen LogP contribution in [0.5, 0.6) is 0 Å². The molecule has 0 spiro atoms. The van der Waals surface area contributed by atoms with Gasteiger partial charge in [-0.15, -0.1) is 11.3 Å². The molecule has 0 N–H and O–H groups in total. The number of aromatic nitrogens is 1. The Hall–Kier alpha value is -1.65. The van der Waals surface area contributed by atoms with Crippen molar-refractivity contribution >= 4 is 33.0 Å². The molecule has 0 aliphatic heterocycles. The largest absolute Gasteiger partial charge is 0.313 e. The summed E-state index contributed by atoms with van der Waals surface area (Å²) >= 11 is 5.41. The number of thiazole rings is 1. The maximum Gasteiger partial charge on any atom is 0.190 e. The van der Waals surface area contributed by atoms with Gasteiger partial charge in [-0.05, 0) is 37.5 Å². The summed E-state index contributed by atoms with van der Waals surface area (Å²) in [4.78, 5) is 6.03. The molecule has 0 radical (unpaired) electrons. The Kier molecular flexibility index (Phi) is 3.95. The van der Waals surface area contributed by atoms with Crippen molar-refractivity contribution in [3.05, 3.63) is 68.7 Å². The van der Waals surface area contributed by atoms with Crippen LogP contribution in [-0.4, -0.2) is 4.57 Å².